The number of hydrogen-bond acceptors (Lipinski definition) is 3. The zero-order valence-corrected chi connectivity index (χ0v) is 17.4. The first kappa shape index (κ1) is 19.7. The number of nitrogens with one attached hydrogen (secondary N) is 2. The van der Waals surface area contributed by atoms with Crippen LogP contribution in [-0.4, -0.2) is 50.1 Å². The third kappa shape index (κ3) is 5.98. The first-order valence-electron chi connectivity index (χ1n) is 10.5. The largest absolute Gasteiger partial charge is 0.356 e. The molecule has 1 saturated carbocycles. The molecule has 2 aliphatic rings. The Morgan fingerprint density at radius 1 is 1.23 bits per heavy atom. The van der Waals surface area contributed by atoms with Gasteiger partial charge >= 0.3 is 0 Å². The Morgan fingerprint density at radius 2 is 2.00 bits per heavy atom. The van der Waals surface area contributed by atoms with Crippen LogP contribution in [0.15, 0.2) is 22.5 Å². The first-order chi connectivity index (χ1) is 12.7. The second-order valence-electron chi connectivity index (χ2n) is 8.09. The highest BCUT2D eigenvalue weighted by molar-refractivity contribution is 7.10. The van der Waals surface area contributed by atoms with Gasteiger partial charge in [-0.2, -0.15) is 0 Å². The first-order valence-corrected chi connectivity index (χ1v) is 11.4. The molecule has 1 aliphatic carbocycles. The summed E-state index contributed by atoms with van der Waals surface area (Å²) in [6.07, 6.45) is 9.74. The van der Waals surface area contributed by atoms with Crippen LogP contribution < -0.4 is 10.6 Å². The third-order valence-corrected chi connectivity index (χ3v) is 7.10. The van der Waals surface area contributed by atoms with Crippen molar-refractivity contribution >= 4 is 17.3 Å². The Hall–Kier alpha value is -1.07. The summed E-state index contributed by atoms with van der Waals surface area (Å²) in [6.45, 7) is 7.00. The van der Waals surface area contributed by atoms with Gasteiger partial charge in [0.05, 0.1) is 0 Å². The van der Waals surface area contributed by atoms with Crippen molar-refractivity contribution in [1.82, 2.24) is 15.5 Å². The van der Waals surface area contributed by atoms with E-state index in [1.165, 1.54) is 69.5 Å². The molecule has 1 aliphatic heterocycles. The fraction of sp³-hybridized carbons (Fsp3) is 0.762. The number of piperidine rings is 1. The van der Waals surface area contributed by atoms with Gasteiger partial charge in [-0.3, -0.25) is 4.99 Å². The van der Waals surface area contributed by atoms with Gasteiger partial charge in [-0.15, -0.1) is 11.3 Å². The molecule has 0 amide bonds. The fourth-order valence-electron chi connectivity index (χ4n) is 4.30. The normalized spacial score (nSPS) is 22.3. The van der Waals surface area contributed by atoms with E-state index in [2.05, 4.69) is 45.0 Å². The minimum Gasteiger partial charge on any atom is -0.356 e. The lowest BCUT2D eigenvalue weighted by atomic mass is 9.88. The van der Waals surface area contributed by atoms with Crippen LogP contribution in [0, 0.1) is 5.92 Å². The smallest absolute Gasteiger partial charge is 0.191 e. The zero-order chi connectivity index (χ0) is 18.2. The van der Waals surface area contributed by atoms with E-state index in [-0.39, 0.29) is 0 Å². The molecule has 0 aromatic carbocycles. The van der Waals surface area contributed by atoms with Crippen molar-refractivity contribution in [2.75, 3.05) is 33.2 Å². The maximum absolute atomic E-state index is 4.43. The maximum Gasteiger partial charge on any atom is 0.191 e. The quantitative estimate of drug-likeness (QED) is 0.581. The van der Waals surface area contributed by atoms with E-state index in [1.807, 2.05) is 18.4 Å². The Balaban J connectivity index is 1.35. The van der Waals surface area contributed by atoms with Crippen molar-refractivity contribution in [1.29, 1.82) is 0 Å². The lowest BCUT2D eigenvalue weighted by molar-refractivity contribution is 0.160. The van der Waals surface area contributed by atoms with Crippen molar-refractivity contribution in [3.8, 4) is 0 Å². The van der Waals surface area contributed by atoms with E-state index >= 15 is 0 Å². The SMILES string of the molecule is CN=C(NCC(C)c1cccs1)NC1CCN(CC2CCCCC2)CC1. The van der Waals surface area contributed by atoms with Crippen LogP contribution in [0.1, 0.15) is 62.7 Å². The summed E-state index contributed by atoms with van der Waals surface area (Å²) in [5, 5.41) is 9.31. The molecule has 2 N–H and O–H groups in total. The summed E-state index contributed by atoms with van der Waals surface area (Å²) in [5.41, 5.74) is 0. The van der Waals surface area contributed by atoms with Crippen LogP contribution in [0.5, 0.6) is 0 Å². The van der Waals surface area contributed by atoms with Crippen molar-refractivity contribution in [2.24, 2.45) is 10.9 Å². The highest BCUT2D eigenvalue weighted by atomic mass is 32.1. The summed E-state index contributed by atoms with van der Waals surface area (Å²) in [4.78, 5) is 8.56. The van der Waals surface area contributed by atoms with Crippen molar-refractivity contribution in [3.63, 3.8) is 0 Å². The molecular weight excluding hydrogens is 340 g/mol. The van der Waals surface area contributed by atoms with Crippen LogP contribution in [0.3, 0.4) is 0 Å². The number of aliphatic imine (C=N–C) groups is 1. The van der Waals surface area contributed by atoms with E-state index in [1.54, 1.807) is 0 Å². The van der Waals surface area contributed by atoms with E-state index in [9.17, 15) is 0 Å². The Labute approximate surface area is 163 Å². The molecule has 26 heavy (non-hydrogen) atoms. The summed E-state index contributed by atoms with van der Waals surface area (Å²) < 4.78 is 0. The van der Waals surface area contributed by atoms with Gasteiger partial charge in [0.15, 0.2) is 5.96 Å². The Kier molecular flexibility index (Phi) is 7.81. The number of thiophene rings is 1. The van der Waals surface area contributed by atoms with E-state index in [0.717, 1.165) is 18.4 Å². The Bertz CT molecular complexity index is 528. The lowest BCUT2D eigenvalue weighted by Crippen LogP contribution is -2.49. The van der Waals surface area contributed by atoms with Gasteiger partial charge in [-0.25, -0.2) is 0 Å². The molecule has 5 heteroatoms. The average molecular weight is 377 g/mol. The van der Waals surface area contributed by atoms with Gasteiger partial charge in [0.2, 0.25) is 0 Å². The molecule has 2 fully saturated rings. The zero-order valence-electron chi connectivity index (χ0n) is 16.5. The molecule has 0 bridgehead atoms. The molecule has 1 aromatic heterocycles. The molecule has 0 spiro atoms. The molecule has 146 valence electrons. The van der Waals surface area contributed by atoms with E-state index in [4.69, 9.17) is 0 Å². The summed E-state index contributed by atoms with van der Waals surface area (Å²) in [7, 11) is 1.88. The van der Waals surface area contributed by atoms with E-state index in [0.29, 0.717) is 12.0 Å². The van der Waals surface area contributed by atoms with Gasteiger partial charge in [-0.05, 0) is 43.0 Å². The molecule has 2 heterocycles. The van der Waals surface area contributed by atoms with Crippen LogP contribution in [0.25, 0.3) is 0 Å². The molecule has 1 unspecified atom stereocenters. The molecular formula is C21H36N4S. The summed E-state index contributed by atoms with van der Waals surface area (Å²) >= 11 is 1.83. The minimum absolute atomic E-state index is 0.519. The summed E-state index contributed by atoms with van der Waals surface area (Å²) in [6, 6.07) is 4.90. The third-order valence-electron chi connectivity index (χ3n) is 6.00. The van der Waals surface area contributed by atoms with Gasteiger partial charge in [-0.1, -0.05) is 32.3 Å². The van der Waals surface area contributed by atoms with Crippen molar-refractivity contribution < 1.29 is 0 Å². The predicted molar refractivity (Wildman–Crippen MR) is 113 cm³/mol. The lowest BCUT2D eigenvalue weighted by Gasteiger charge is -2.36. The minimum atomic E-state index is 0.519. The standard InChI is InChI=1S/C21H36N4S/c1-17(20-9-6-14-26-20)15-23-21(22-2)24-19-10-12-25(13-11-19)16-18-7-4-3-5-8-18/h6,9,14,17-19H,3-5,7-8,10-13,15-16H2,1-2H3,(H2,22,23,24). The topological polar surface area (TPSA) is 39.7 Å². The van der Waals surface area contributed by atoms with Crippen LogP contribution in [0.2, 0.25) is 0 Å². The van der Waals surface area contributed by atoms with Gasteiger partial charge in [0.1, 0.15) is 0 Å². The monoisotopic (exact) mass is 376 g/mol. The molecule has 1 aromatic rings. The Morgan fingerprint density at radius 3 is 2.65 bits per heavy atom. The van der Waals surface area contributed by atoms with Crippen LogP contribution >= 0.6 is 11.3 Å². The fourth-order valence-corrected chi connectivity index (χ4v) is 5.09. The number of rotatable bonds is 6. The van der Waals surface area contributed by atoms with Crippen LogP contribution in [0.4, 0.5) is 0 Å². The highest BCUT2D eigenvalue weighted by Crippen LogP contribution is 2.25. The number of likely N-dealkylation sites (tertiary alicyclic amines) is 1. The molecule has 3 rings (SSSR count). The number of nitrogens with zero attached hydrogens (tertiary/aromatic N) is 2. The summed E-state index contributed by atoms with van der Waals surface area (Å²) in [5.74, 6) is 2.44. The second kappa shape index (κ2) is 10.3. The molecule has 1 saturated heterocycles. The van der Waals surface area contributed by atoms with Crippen molar-refractivity contribution in [2.45, 2.75) is 63.8 Å². The molecule has 4 nitrogen and oxygen atoms in total. The van der Waals surface area contributed by atoms with E-state index < -0.39 is 0 Å². The second-order valence-corrected chi connectivity index (χ2v) is 9.07. The highest BCUT2D eigenvalue weighted by Gasteiger charge is 2.23. The molecule has 1 atom stereocenters. The average Bonchev–Trinajstić information content (AvgIpc) is 3.22. The maximum atomic E-state index is 4.43. The van der Waals surface area contributed by atoms with Crippen LogP contribution in [-0.2, 0) is 0 Å². The number of guanidine groups is 1. The van der Waals surface area contributed by atoms with Crippen molar-refractivity contribution in [3.05, 3.63) is 22.4 Å². The molecule has 0 radical (unpaired) electrons. The van der Waals surface area contributed by atoms with Gasteiger partial charge in [0, 0.05) is 50.1 Å². The van der Waals surface area contributed by atoms with Gasteiger partial charge < -0.3 is 15.5 Å². The number of hydrogen-bond donors (Lipinski definition) is 2. The van der Waals surface area contributed by atoms with Gasteiger partial charge in [0.25, 0.3) is 0 Å². The predicted octanol–water partition coefficient (Wildman–Crippen LogP) is 4.06.